The summed E-state index contributed by atoms with van der Waals surface area (Å²) in [5.41, 5.74) is 0.989. The molecule has 2 unspecified atom stereocenters. The van der Waals surface area contributed by atoms with Gasteiger partial charge in [0.05, 0.1) is 0 Å². The molecule has 5 rings (SSSR count). The van der Waals surface area contributed by atoms with E-state index in [1.165, 1.54) is 12.8 Å². The van der Waals surface area contributed by atoms with Gasteiger partial charge in [-0.15, -0.1) is 0 Å². The van der Waals surface area contributed by atoms with Crippen LogP contribution in [0.4, 0.5) is 0 Å². The summed E-state index contributed by atoms with van der Waals surface area (Å²) in [6, 6.07) is 14.1. The lowest BCUT2D eigenvalue weighted by molar-refractivity contribution is 0.0211. The van der Waals surface area contributed by atoms with Crippen LogP contribution in [0.5, 0.6) is 0 Å². The number of hydrogen-bond acceptors (Lipinski definition) is 3. The quantitative estimate of drug-likeness (QED) is 0.947. The van der Waals surface area contributed by atoms with Gasteiger partial charge in [0.1, 0.15) is 5.76 Å². The minimum absolute atomic E-state index is 0.0993. The maximum Gasteiger partial charge on any atom is 0.287 e. The van der Waals surface area contributed by atoms with Gasteiger partial charge in [-0.1, -0.05) is 30.3 Å². The van der Waals surface area contributed by atoms with Crippen molar-refractivity contribution in [3.8, 4) is 11.3 Å². The predicted octanol–water partition coefficient (Wildman–Crippen LogP) is 3.16. The van der Waals surface area contributed by atoms with Gasteiger partial charge in [-0.05, 0) is 50.9 Å². The van der Waals surface area contributed by atoms with Crippen molar-refractivity contribution in [1.82, 2.24) is 10.2 Å². The van der Waals surface area contributed by atoms with Gasteiger partial charge in [-0.3, -0.25) is 9.69 Å². The highest BCUT2D eigenvalue weighted by Crippen LogP contribution is 2.32. The maximum absolute atomic E-state index is 12.6. The molecule has 3 aliphatic heterocycles. The van der Waals surface area contributed by atoms with E-state index >= 15 is 0 Å². The average Bonchev–Trinajstić information content (AvgIpc) is 3.09. The van der Waals surface area contributed by atoms with Crippen LogP contribution in [-0.4, -0.2) is 36.0 Å². The fourth-order valence-electron chi connectivity index (χ4n) is 3.99. The summed E-state index contributed by atoms with van der Waals surface area (Å²) < 4.78 is 5.76. The van der Waals surface area contributed by atoms with Crippen LogP contribution in [0.25, 0.3) is 11.3 Å². The van der Waals surface area contributed by atoms with E-state index in [0.717, 1.165) is 24.4 Å². The summed E-state index contributed by atoms with van der Waals surface area (Å²) in [6.07, 6.45) is 2.37. The van der Waals surface area contributed by atoms with E-state index in [2.05, 4.69) is 17.1 Å². The van der Waals surface area contributed by atoms with E-state index in [4.69, 9.17) is 4.42 Å². The van der Waals surface area contributed by atoms with Gasteiger partial charge in [0.2, 0.25) is 0 Å². The van der Waals surface area contributed by atoms with Crippen molar-refractivity contribution in [2.75, 3.05) is 13.1 Å². The van der Waals surface area contributed by atoms with Gasteiger partial charge in [0, 0.05) is 17.6 Å². The molecule has 4 heteroatoms. The summed E-state index contributed by atoms with van der Waals surface area (Å²) in [5.74, 6) is 1.63. The largest absolute Gasteiger partial charge is 0.451 e. The zero-order valence-electron chi connectivity index (χ0n) is 13.4. The molecule has 120 valence electrons. The van der Waals surface area contributed by atoms with E-state index < -0.39 is 0 Å². The second-order valence-electron chi connectivity index (χ2n) is 6.64. The first kappa shape index (κ1) is 14.5. The Balaban J connectivity index is 1.49. The number of carbonyl (C=O) groups is 1. The number of benzene rings is 1. The molecule has 3 fully saturated rings. The van der Waals surface area contributed by atoms with Crippen LogP contribution in [0, 0.1) is 5.92 Å². The smallest absolute Gasteiger partial charge is 0.287 e. The van der Waals surface area contributed by atoms with Gasteiger partial charge in [-0.25, -0.2) is 0 Å². The molecule has 1 aromatic carbocycles. The highest BCUT2D eigenvalue weighted by Gasteiger charge is 2.40. The third-order valence-corrected chi connectivity index (χ3v) is 5.36. The van der Waals surface area contributed by atoms with Crippen LogP contribution in [0.3, 0.4) is 0 Å². The highest BCUT2D eigenvalue weighted by atomic mass is 16.3. The lowest BCUT2D eigenvalue weighted by atomic mass is 9.79. The van der Waals surface area contributed by atoms with E-state index in [0.29, 0.717) is 17.7 Å². The number of nitrogens with zero attached hydrogens (tertiary/aromatic N) is 1. The van der Waals surface area contributed by atoms with Crippen molar-refractivity contribution < 1.29 is 9.21 Å². The summed E-state index contributed by atoms with van der Waals surface area (Å²) >= 11 is 0. The first-order chi connectivity index (χ1) is 11.2. The molecular formula is C19H22N2O2. The number of hydrogen-bond donors (Lipinski definition) is 1. The lowest BCUT2D eigenvalue weighted by Gasteiger charge is -2.49. The molecule has 1 N–H and O–H groups in total. The molecular weight excluding hydrogens is 288 g/mol. The number of piperidine rings is 3. The number of nitrogens with one attached hydrogen (secondary N) is 1. The molecule has 23 heavy (non-hydrogen) atoms. The monoisotopic (exact) mass is 310 g/mol. The predicted molar refractivity (Wildman–Crippen MR) is 89.2 cm³/mol. The maximum atomic E-state index is 12.6. The number of furan rings is 1. The molecule has 2 aromatic rings. The number of fused-ring (bicyclic) bond motifs is 3. The number of amides is 1. The van der Waals surface area contributed by atoms with E-state index in [1.807, 2.05) is 36.4 Å². The Bertz CT molecular complexity index is 684. The van der Waals surface area contributed by atoms with Crippen molar-refractivity contribution in [1.29, 1.82) is 0 Å². The summed E-state index contributed by atoms with van der Waals surface area (Å²) in [4.78, 5) is 15.0. The Kier molecular flexibility index (Phi) is 3.69. The van der Waals surface area contributed by atoms with Crippen molar-refractivity contribution >= 4 is 5.91 Å². The van der Waals surface area contributed by atoms with Gasteiger partial charge in [-0.2, -0.15) is 0 Å². The van der Waals surface area contributed by atoms with Crippen LogP contribution in [-0.2, 0) is 0 Å². The van der Waals surface area contributed by atoms with Crippen molar-refractivity contribution in [2.24, 2.45) is 5.92 Å². The standard InChI is InChI=1S/C19H22N2O2/c1-13-18(15-9-11-21(13)12-10-15)20-19(22)17-8-7-16(23-17)14-5-3-2-4-6-14/h2-8,13,15,18H,9-12H2,1H3,(H,20,22). The minimum atomic E-state index is -0.0993. The second-order valence-corrected chi connectivity index (χ2v) is 6.64. The van der Waals surface area contributed by atoms with Crippen LogP contribution in [0.15, 0.2) is 46.9 Å². The van der Waals surface area contributed by atoms with E-state index in [-0.39, 0.29) is 11.9 Å². The molecule has 2 atom stereocenters. The molecule has 3 aliphatic rings. The normalized spacial score (nSPS) is 29.4. The topological polar surface area (TPSA) is 45.5 Å². The molecule has 0 spiro atoms. The Labute approximate surface area is 136 Å². The third-order valence-electron chi connectivity index (χ3n) is 5.36. The SMILES string of the molecule is CC1C(NC(=O)c2ccc(-c3ccccc3)o2)C2CCN1CC2. The van der Waals surface area contributed by atoms with Crippen molar-refractivity contribution in [3.05, 3.63) is 48.2 Å². The minimum Gasteiger partial charge on any atom is -0.451 e. The molecule has 3 saturated heterocycles. The fourth-order valence-corrected chi connectivity index (χ4v) is 3.99. The Morgan fingerprint density at radius 2 is 1.87 bits per heavy atom. The first-order valence-electron chi connectivity index (χ1n) is 8.42. The van der Waals surface area contributed by atoms with Crippen molar-refractivity contribution in [2.45, 2.75) is 31.8 Å². The molecule has 2 bridgehead atoms. The van der Waals surface area contributed by atoms with Gasteiger partial charge in [0.25, 0.3) is 5.91 Å². The van der Waals surface area contributed by atoms with E-state index in [1.54, 1.807) is 6.07 Å². The second kappa shape index (κ2) is 5.85. The molecule has 0 radical (unpaired) electrons. The van der Waals surface area contributed by atoms with Crippen LogP contribution < -0.4 is 5.32 Å². The molecule has 0 saturated carbocycles. The van der Waals surface area contributed by atoms with Crippen LogP contribution in [0.2, 0.25) is 0 Å². The Hall–Kier alpha value is -2.07. The molecule has 4 heterocycles. The van der Waals surface area contributed by atoms with Gasteiger partial charge < -0.3 is 9.73 Å². The highest BCUT2D eigenvalue weighted by molar-refractivity contribution is 5.92. The Morgan fingerprint density at radius 3 is 2.57 bits per heavy atom. The number of rotatable bonds is 3. The summed E-state index contributed by atoms with van der Waals surface area (Å²) in [6.45, 7) is 4.54. The molecule has 1 aromatic heterocycles. The zero-order valence-corrected chi connectivity index (χ0v) is 13.4. The summed E-state index contributed by atoms with van der Waals surface area (Å²) in [5, 5.41) is 3.21. The Morgan fingerprint density at radius 1 is 1.13 bits per heavy atom. The average molecular weight is 310 g/mol. The molecule has 1 amide bonds. The lowest BCUT2D eigenvalue weighted by Crippen LogP contribution is -2.62. The third kappa shape index (κ3) is 2.68. The van der Waals surface area contributed by atoms with Gasteiger partial charge in [0.15, 0.2) is 5.76 Å². The van der Waals surface area contributed by atoms with E-state index in [9.17, 15) is 4.79 Å². The zero-order chi connectivity index (χ0) is 15.8. The number of carbonyl (C=O) groups excluding carboxylic acids is 1. The van der Waals surface area contributed by atoms with Crippen LogP contribution in [0.1, 0.15) is 30.3 Å². The van der Waals surface area contributed by atoms with Crippen LogP contribution >= 0.6 is 0 Å². The fraction of sp³-hybridized carbons (Fsp3) is 0.421. The summed E-state index contributed by atoms with van der Waals surface area (Å²) in [7, 11) is 0. The van der Waals surface area contributed by atoms with Gasteiger partial charge >= 0.3 is 0 Å². The molecule has 4 nitrogen and oxygen atoms in total. The van der Waals surface area contributed by atoms with Crippen molar-refractivity contribution in [3.63, 3.8) is 0 Å². The molecule has 0 aliphatic carbocycles. The first-order valence-corrected chi connectivity index (χ1v) is 8.42.